The molecule has 0 atom stereocenters. The van der Waals surface area contributed by atoms with Gasteiger partial charge in [-0.05, 0) is 0 Å². The second kappa shape index (κ2) is 6.44. The largest absolute Gasteiger partial charge is 0.355 e. The van der Waals surface area contributed by atoms with Gasteiger partial charge in [0.15, 0.2) is 0 Å². The van der Waals surface area contributed by atoms with Crippen molar-refractivity contribution in [1.29, 1.82) is 0 Å². The lowest BCUT2D eigenvalue weighted by Gasteiger charge is -1.98. The number of halogens is 1. The molecule has 0 aliphatic carbocycles. The van der Waals surface area contributed by atoms with Gasteiger partial charge in [0.25, 0.3) is 0 Å². The normalized spacial score (nSPS) is 8.40. The summed E-state index contributed by atoms with van der Waals surface area (Å²) in [4.78, 5) is 10.7. The molecule has 0 saturated carbocycles. The Kier molecular flexibility index (Phi) is 6.00. The number of amides is 1. The van der Waals surface area contributed by atoms with Crippen LogP contribution in [-0.4, -0.2) is 18.3 Å². The number of hydrogen-bond donors (Lipinski definition) is 1. The van der Waals surface area contributed by atoms with E-state index in [1.54, 1.807) is 0 Å². The predicted molar refractivity (Wildman–Crippen MR) is 41.8 cm³/mol. The zero-order chi connectivity index (χ0) is 7.82. The first kappa shape index (κ1) is 9.32. The van der Waals surface area contributed by atoms with Gasteiger partial charge in [-0.3, -0.25) is 4.79 Å². The predicted octanol–water partition coefficient (Wildman–Crippen LogP) is 0.755. The van der Waals surface area contributed by atoms with E-state index in [0.29, 0.717) is 25.3 Å². The number of terminal acetylenes is 1. The van der Waals surface area contributed by atoms with Crippen LogP contribution in [0.5, 0.6) is 0 Å². The Hall–Kier alpha value is -0.680. The second-order valence-electron chi connectivity index (χ2n) is 1.74. The van der Waals surface area contributed by atoms with Crippen LogP contribution in [0.2, 0.25) is 0 Å². The molecule has 10 heavy (non-hydrogen) atoms. The molecule has 0 aliphatic rings. The fourth-order valence-corrected chi connectivity index (χ4v) is 0.620. The Balaban J connectivity index is 3.15. The molecule has 0 bridgehead atoms. The third-order valence-electron chi connectivity index (χ3n) is 0.913. The van der Waals surface area contributed by atoms with E-state index in [1.807, 2.05) is 0 Å². The number of nitrogens with one attached hydrogen (secondary N) is 1. The average Bonchev–Trinajstić information content (AvgIpc) is 1.89. The third-order valence-corrected chi connectivity index (χ3v) is 1.10. The molecular weight excluding hydrogens is 150 g/mol. The third kappa shape index (κ3) is 5.46. The Morgan fingerprint density at radius 1 is 1.70 bits per heavy atom. The van der Waals surface area contributed by atoms with Crippen LogP contribution in [0.4, 0.5) is 0 Å². The Morgan fingerprint density at radius 2 is 2.40 bits per heavy atom. The van der Waals surface area contributed by atoms with E-state index in [-0.39, 0.29) is 5.91 Å². The first-order valence-electron chi connectivity index (χ1n) is 3.07. The van der Waals surface area contributed by atoms with Gasteiger partial charge in [-0.1, -0.05) is 0 Å². The Bertz CT molecular complexity index is 139. The van der Waals surface area contributed by atoms with Crippen LogP contribution in [0.3, 0.4) is 0 Å². The lowest BCUT2D eigenvalue weighted by Crippen LogP contribution is -2.24. The summed E-state index contributed by atoms with van der Waals surface area (Å²) in [5.41, 5.74) is 0. The van der Waals surface area contributed by atoms with E-state index in [2.05, 4.69) is 11.2 Å². The molecule has 0 aromatic rings. The van der Waals surface area contributed by atoms with Crippen molar-refractivity contribution in [3.63, 3.8) is 0 Å². The van der Waals surface area contributed by atoms with Crippen LogP contribution in [0.15, 0.2) is 0 Å². The molecule has 3 heteroatoms. The summed E-state index contributed by atoms with van der Waals surface area (Å²) in [6.45, 7) is 0.548. The zero-order valence-electron chi connectivity index (χ0n) is 5.69. The van der Waals surface area contributed by atoms with Crippen molar-refractivity contribution in [2.24, 2.45) is 0 Å². The molecule has 56 valence electrons. The highest BCUT2D eigenvalue weighted by Gasteiger charge is 1.95. The maximum Gasteiger partial charge on any atom is 0.221 e. The maximum atomic E-state index is 10.7. The fraction of sp³-hybridized carbons (Fsp3) is 0.571. The summed E-state index contributed by atoms with van der Waals surface area (Å²) in [6, 6.07) is 0. The summed E-state index contributed by atoms with van der Waals surface area (Å²) in [5.74, 6) is 2.74. The van der Waals surface area contributed by atoms with Gasteiger partial charge >= 0.3 is 0 Å². The second-order valence-corrected chi connectivity index (χ2v) is 2.12. The van der Waals surface area contributed by atoms with Crippen LogP contribution in [0, 0.1) is 12.3 Å². The van der Waals surface area contributed by atoms with Crippen LogP contribution in [0.25, 0.3) is 0 Å². The van der Waals surface area contributed by atoms with Gasteiger partial charge in [0.2, 0.25) is 5.91 Å². The molecule has 1 amide bonds. The first-order chi connectivity index (χ1) is 4.81. The van der Waals surface area contributed by atoms with E-state index in [1.165, 1.54) is 0 Å². The van der Waals surface area contributed by atoms with Crippen LogP contribution < -0.4 is 5.32 Å². The van der Waals surface area contributed by atoms with Crippen molar-refractivity contribution in [1.82, 2.24) is 5.32 Å². The molecule has 0 saturated heterocycles. The monoisotopic (exact) mass is 159 g/mol. The number of alkyl halides is 1. The molecule has 2 nitrogen and oxygen atoms in total. The molecule has 0 aromatic carbocycles. The van der Waals surface area contributed by atoms with Gasteiger partial charge in [0, 0.05) is 25.3 Å². The standard InChI is InChI=1S/C7H10ClNO/c1-2-3-6-9-7(10)4-5-8/h1H,3-6H2,(H,9,10). The highest BCUT2D eigenvalue weighted by Crippen LogP contribution is 1.83. The molecule has 0 aliphatic heterocycles. The smallest absolute Gasteiger partial charge is 0.221 e. The molecule has 0 aromatic heterocycles. The summed E-state index contributed by atoms with van der Waals surface area (Å²) in [5, 5.41) is 2.62. The van der Waals surface area contributed by atoms with E-state index in [0.717, 1.165) is 0 Å². The minimum atomic E-state index is -0.0368. The van der Waals surface area contributed by atoms with Gasteiger partial charge < -0.3 is 5.32 Å². The Labute approximate surface area is 65.9 Å². The maximum absolute atomic E-state index is 10.7. The summed E-state index contributed by atoms with van der Waals surface area (Å²) >= 11 is 5.31. The topological polar surface area (TPSA) is 29.1 Å². The van der Waals surface area contributed by atoms with Crippen molar-refractivity contribution >= 4 is 17.5 Å². The summed E-state index contributed by atoms with van der Waals surface area (Å²) in [7, 11) is 0. The molecule has 1 N–H and O–H groups in total. The highest BCUT2D eigenvalue weighted by atomic mass is 35.5. The molecular formula is C7H10ClNO. The average molecular weight is 160 g/mol. The number of rotatable bonds is 4. The number of carbonyl (C=O) groups excluding carboxylic acids is 1. The molecule has 0 spiro atoms. The lowest BCUT2D eigenvalue weighted by atomic mass is 10.4. The summed E-state index contributed by atoms with van der Waals surface area (Å²) < 4.78 is 0. The van der Waals surface area contributed by atoms with Crippen molar-refractivity contribution in [2.75, 3.05) is 12.4 Å². The van der Waals surface area contributed by atoms with Gasteiger partial charge in [0.05, 0.1) is 0 Å². The zero-order valence-corrected chi connectivity index (χ0v) is 6.45. The van der Waals surface area contributed by atoms with E-state index in [9.17, 15) is 4.79 Å². The van der Waals surface area contributed by atoms with Crippen molar-refractivity contribution < 1.29 is 4.79 Å². The first-order valence-corrected chi connectivity index (χ1v) is 3.61. The summed E-state index contributed by atoms with van der Waals surface area (Å²) in [6.07, 6.45) is 5.91. The van der Waals surface area contributed by atoms with Crippen molar-refractivity contribution in [2.45, 2.75) is 12.8 Å². The van der Waals surface area contributed by atoms with E-state index < -0.39 is 0 Å². The van der Waals surface area contributed by atoms with Crippen LogP contribution in [0.1, 0.15) is 12.8 Å². The van der Waals surface area contributed by atoms with Gasteiger partial charge in [-0.15, -0.1) is 23.9 Å². The minimum Gasteiger partial charge on any atom is -0.355 e. The van der Waals surface area contributed by atoms with Crippen LogP contribution >= 0.6 is 11.6 Å². The molecule has 0 radical (unpaired) electrons. The quantitative estimate of drug-likeness (QED) is 0.366. The van der Waals surface area contributed by atoms with E-state index in [4.69, 9.17) is 18.0 Å². The fourth-order valence-electron chi connectivity index (χ4n) is 0.448. The van der Waals surface area contributed by atoms with Crippen molar-refractivity contribution in [3.8, 4) is 12.3 Å². The number of hydrogen-bond acceptors (Lipinski definition) is 1. The number of carbonyl (C=O) groups is 1. The van der Waals surface area contributed by atoms with Gasteiger partial charge in [-0.2, -0.15) is 0 Å². The molecule has 0 fully saturated rings. The van der Waals surface area contributed by atoms with Gasteiger partial charge in [0.1, 0.15) is 0 Å². The molecule has 0 heterocycles. The molecule has 0 unspecified atom stereocenters. The van der Waals surface area contributed by atoms with E-state index >= 15 is 0 Å². The highest BCUT2D eigenvalue weighted by molar-refractivity contribution is 6.18. The minimum absolute atomic E-state index is 0.0368. The Morgan fingerprint density at radius 3 is 2.90 bits per heavy atom. The molecule has 0 rings (SSSR count). The lowest BCUT2D eigenvalue weighted by molar-refractivity contribution is -0.120. The van der Waals surface area contributed by atoms with Crippen LogP contribution in [-0.2, 0) is 4.79 Å². The SMILES string of the molecule is C#CCCNC(=O)CCCl. The van der Waals surface area contributed by atoms with Gasteiger partial charge in [-0.25, -0.2) is 0 Å². The van der Waals surface area contributed by atoms with Crippen molar-refractivity contribution in [3.05, 3.63) is 0 Å².